The molecule has 0 aliphatic heterocycles. The summed E-state index contributed by atoms with van der Waals surface area (Å²) in [6.45, 7) is 6.81. The van der Waals surface area contributed by atoms with Gasteiger partial charge in [0.2, 0.25) is 0 Å². The normalized spacial score (nSPS) is 6.00. The minimum atomic E-state index is 0. The zero-order valence-corrected chi connectivity index (χ0v) is 7.88. The van der Waals surface area contributed by atoms with E-state index in [-0.39, 0.29) is 42.1 Å². The Balaban J connectivity index is -0.0000000450. The summed E-state index contributed by atoms with van der Waals surface area (Å²) in [7, 11) is 0.120. The number of hydrogen-bond donors (Lipinski definition) is 0. The van der Waals surface area contributed by atoms with E-state index in [1.54, 1.807) is 0 Å². The van der Waals surface area contributed by atoms with Crippen LogP contribution in [0.1, 0.15) is 0 Å². The van der Waals surface area contributed by atoms with E-state index in [0.29, 0.717) is 0 Å². The van der Waals surface area contributed by atoms with Gasteiger partial charge in [-0.2, -0.15) is 0 Å². The van der Waals surface area contributed by atoms with Crippen LogP contribution < -0.4 is 0 Å². The molecule has 0 rings (SSSR count). The predicted molar refractivity (Wildman–Crippen MR) is 29.8 cm³/mol. The van der Waals surface area contributed by atoms with Crippen LogP contribution in [0.3, 0.4) is 0 Å². The molecule has 0 bridgehead atoms. The molecule has 0 heterocycles. The average molecular weight is 133 g/mol. The maximum absolute atomic E-state index is 2.27. The van der Waals surface area contributed by atoms with Crippen molar-refractivity contribution in [1.29, 1.82) is 0 Å². The van der Waals surface area contributed by atoms with Gasteiger partial charge in [0, 0.05) is 34.6 Å². The van der Waals surface area contributed by atoms with Gasteiger partial charge in [-0.25, -0.2) is 0 Å². The van der Waals surface area contributed by atoms with Crippen LogP contribution in [0.4, 0.5) is 0 Å². The van der Waals surface area contributed by atoms with E-state index in [2.05, 4.69) is 19.6 Å². The van der Waals surface area contributed by atoms with Crippen LogP contribution in [0.25, 0.3) is 0 Å². The fourth-order valence-corrected chi connectivity index (χ4v) is 0. The van der Waals surface area contributed by atoms with Gasteiger partial charge in [-0.1, -0.05) is 19.6 Å². The summed E-state index contributed by atoms with van der Waals surface area (Å²) in [6, 6.07) is 0. The third-order valence-electron chi connectivity index (χ3n) is 0. The Labute approximate surface area is 61.7 Å². The van der Waals surface area contributed by atoms with Gasteiger partial charge in [-0.15, -0.1) is 0 Å². The molecule has 0 fully saturated rings. The van der Waals surface area contributed by atoms with Gasteiger partial charge < -0.3 is 7.43 Å². The average Bonchev–Trinajstić information content (AvgIpc) is 0.811. The van der Waals surface area contributed by atoms with Gasteiger partial charge in [-0.3, -0.25) is 0 Å². The van der Waals surface area contributed by atoms with Gasteiger partial charge >= 0.3 is 0 Å². The first-order valence-corrected chi connectivity index (χ1v) is 4.50. The third kappa shape index (κ3) is 71.9. The summed E-state index contributed by atoms with van der Waals surface area (Å²) >= 11 is 0. The van der Waals surface area contributed by atoms with E-state index in [1.807, 2.05) is 0 Å². The third-order valence-corrected chi connectivity index (χ3v) is 0. The van der Waals surface area contributed by atoms with Crippen LogP contribution >= 0.6 is 0 Å². The maximum atomic E-state index is 2.27. The summed E-state index contributed by atoms with van der Waals surface area (Å²) in [4.78, 5) is 0. The molecule has 0 aromatic carbocycles. The SMILES string of the molecule is C[Si](C)C.[CH3-].[Sc]. The van der Waals surface area contributed by atoms with E-state index in [4.69, 9.17) is 0 Å². The molecule has 0 aromatic rings. The number of hydrogen-bond acceptors (Lipinski definition) is 0. The van der Waals surface area contributed by atoms with Crippen LogP contribution in [0.5, 0.6) is 0 Å². The first-order valence-electron chi connectivity index (χ1n) is 1.50. The van der Waals surface area contributed by atoms with Crippen molar-refractivity contribution >= 4 is 8.80 Å². The Hall–Kier alpha value is 1.09. The van der Waals surface area contributed by atoms with Crippen molar-refractivity contribution in [2.75, 3.05) is 0 Å². The van der Waals surface area contributed by atoms with Crippen LogP contribution in [0, 0.1) is 7.43 Å². The predicted octanol–water partition coefficient (Wildman–Crippen LogP) is 1.82. The zero-order valence-electron chi connectivity index (χ0n) is 5.08. The quantitative estimate of drug-likeness (QED) is 0.349. The first kappa shape index (κ1) is 15.7. The molecule has 0 aliphatic carbocycles. The minimum Gasteiger partial charge on any atom is -0.358 e. The van der Waals surface area contributed by atoms with Gasteiger partial charge in [0.15, 0.2) is 0 Å². The Morgan fingerprint density at radius 3 is 1.00 bits per heavy atom. The Morgan fingerprint density at radius 1 is 1.00 bits per heavy atom. The zero-order chi connectivity index (χ0) is 3.58. The molecule has 0 saturated carbocycles. The molecule has 2 heteroatoms. The molecule has 2 radical (unpaired) electrons. The molecule has 0 atom stereocenters. The van der Waals surface area contributed by atoms with Gasteiger partial charge in [-0.05, 0) is 0 Å². The number of rotatable bonds is 0. The van der Waals surface area contributed by atoms with Crippen LogP contribution in [-0.2, 0) is 25.8 Å². The largest absolute Gasteiger partial charge is 0.358 e. The van der Waals surface area contributed by atoms with Crippen LogP contribution in [-0.4, -0.2) is 8.80 Å². The van der Waals surface area contributed by atoms with Crippen LogP contribution in [0.15, 0.2) is 0 Å². The monoisotopic (exact) mass is 133 g/mol. The van der Waals surface area contributed by atoms with Gasteiger partial charge in [0.1, 0.15) is 0 Å². The summed E-state index contributed by atoms with van der Waals surface area (Å²) in [5, 5.41) is 0. The van der Waals surface area contributed by atoms with Crippen molar-refractivity contribution in [1.82, 2.24) is 0 Å². The molecule has 0 N–H and O–H groups in total. The topological polar surface area (TPSA) is 0 Å². The molecule has 0 aromatic heterocycles. The Bertz CT molecular complexity index is 12.3. The molecule has 36 valence electrons. The molecule has 0 nitrogen and oxygen atoms in total. The Kier molecular flexibility index (Phi) is 24.7. The van der Waals surface area contributed by atoms with E-state index >= 15 is 0 Å². The van der Waals surface area contributed by atoms with Gasteiger partial charge in [0.25, 0.3) is 0 Å². The van der Waals surface area contributed by atoms with Crippen molar-refractivity contribution in [3.63, 3.8) is 0 Å². The molecule has 0 unspecified atom stereocenters. The molecular weight excluding hydrogens is 121 g/mol. The van der Waals surface area contributed by atoms with Crippen molar-refractivity contribution in [2.45, 2.75) is 19.6 Å². The van der Waals surface area contributed by atoms with Crippen LogP contribution in [0.2, 0.25) is 19.6 Å². The van der Waals surface area contributed by atoms with Crippen molar-refractivity contribution in [3.05, 3.63) is 7.43 Å². The van der Waals surface area contributed by atoms with Crippen molar-refractivity contribution < 1.29 is 25.8 Å². The smallest absolute Gasteiger partial charge is 0.0379 e. The first-order chi connectivity index (χ1) is 1.73. The van der Waals surface area contributed by atoms with Gasteiger partial charge in [0.05, 0.1) is 0 Å². The summed E-state index contributed by atoms with van der Waals surface area (Å²) in [5.74, 6) is 0. The van der Waals surface area contributed by atoms with E-state index in [0.717, 1.165) is 0 Å². The maximum Gasteiger partial charge on any atom is 0.0379 e. The fourth-order valence-electron chi connectivity index (χ4n) is 0. The summed E-state index contributed by atoms with van der Waals surface area (Å²) in [5.41, 5.74) is 0. The molecule has 6 heavy (non-hydrogen) atoms. The summed E-state index contributed by atoms with van der Waals surface area (Å²) in [6.07, 6.45) is 0. The molecule has 0 saturated heterocycles. The van der Waals surface area contributed by atoms with E-state index in [9.17, 15) is 0 Å². The molecule has 0 aliphatic rings. The second-order valence-electron chi connectivity index (χ2n) is 1.50. The second-order valence-corrected chi connectivity index (χ2v) is 4.50. The van der Waals surface area contributed by atoms with Crippen molar-refractivity contribution in [3.8, 4) is 0 Å². The minimum absolute atomic E-state index is 0. The second kappa shape index (κ2) is 9.43. The molecule has 0 amide bonds. The van der Waals surface area contributed by atoms with Crippen molar-refractivity contribution in [2.24, 2.45) is 0 Å². The Morgan fingerprint density at radius 2 is 1.00 bits per heavy atom. The molecule has 0 spiro atoms. The standard InChI is InChI=1S/C3H9Si.CH3.Sc/c1-4(2)3;;/h1-3H3;1H3;/q;-1;. The fraction of sp³-hybridized carbons (Fsp3) is 0.750. The molecular formula is C4H12ScSi-. The van der Waals surface area contributed by atoms with E-state index < -0.39 is 0 Å². The summed E-state index contributed by atoms with van der Waals surface area (Å²) < 4.78 is 0. The van der Waals surface area contributed by atoms with E-state index in [1.165, 1.54) is 0 Å².